The number of carbonyl (C=O) groups is 2. The third-order valence-corrected chi connectivity index (χ3v) is 3.44. The van der Waals surface area contributed by atoms with E-state index in [-0.39, 0.29) is 24.0 Å². The summed E-state index contributed by atoms with van der Waals surface area (Å²) in [7, 11) is 0. The van der Waals surface area contributed by atoms with Crippen LogP contribution in [0.5, 0.6) is 0 Å². The van der Waals surface area contributed by atoms with E-state index in [2.05, 4.69) is 17.6 Å². The summed E-state index contributed by atoms with van der Waals surface area (Å²) in [6, 6.07) is 0.121. The van der Waals surface area contributed by atoms with Gasteiger partial charge in [-0.05, 0) is 33.1 Å². The molecule has 0 aromatic rings. The Labute approximate surface area is 122 Å². The lowest BCUT2D eigenvalue weighted by molar-refractivity contribution is -0.141. The molecule has 0 saturated carbocycles. The zero-order valence-electron chi connectivity index (χ0n) is 13.2. The summed E-state index contributed by atoms with van der Waals surface area (Å²) in [5.74, 6) is -1.07. The molecule has 0 aliphatic heterocycles. The quantitative estimate of drug-likeness (QED) is 0.577. The van der Waals surface area contributed by atoms with E-state index >= 15 is 0 Å². The van der Waals surface area contributed by atoms with Crippen LogP contribution in [0.3, 0.4) is 0 Å². The van der Waals surface area contributed by atoms with Gasteiger partial charge in [0.2, 0.25) is 0 Å². The monoisotopic (exact) mass is 286 g/mol. The molecule has 0 spiro atoms. The minimum absolute atomic E-state index is 0.0642. The Balaban J connectivity index is 3.76. The number of rotatable bonds is 10. The van der Waals surface area contributed by atoms with E-state index in [4.69, 9.17) is 5.11 Å². The second-order valence-electron chi connectivity index (χ2n) is 5.73. The molecule has 5 nitrogen and oxygen atoms in total. The molecule has 5 heteroatoms. The van der Waals surface area contributed by atoms with E-state index in [9.17, 15) is 9.59 Å². The van der Waals surface area contributed by atoms with E-state index in [1.54, 1.807) is 6.92 Å². The van der Waals surface area contributed by atoms with Crippen molar-refractivity contribution in [3.8, 4) is 0 Å². The zero-order chi connectivity index (χ0) is 15.5. The molecule has 0 aliphatic carbocycles. The van der Waals surface area contributed by atoms with Crippen LogP contribution in [0.2, 0.25) is 0 Å². The first kappa shape index (κ1) is 18.7. The Morgan fingerprint density at radius 2 is 1.45 bits per heavy atom. The van der Waals surface area contributed by atoms with Crippen LogP contribution in [-0.4, -0.2) is 29.2 Å². The lowest BCUT2D eigenvalue weighted by Crippen LogP contribution is -2.44. The van der Waals surface area contributed by atoms with E-state index in [0.29, 0.717) is 6.42 Å². The van der Waals surface area contributed by atoms with Crippen LogP contribution in [0, 0.1) is 5.92 Å². The van der Waals surface area contributed by atoms with Crippen molar-refractivity contribution in [3.63, 3.8) is 0 Å². The number of carbonyl (C=O) groups excluding carboxylic acids is 1. The number of unbranched alkanes of at least 4 members (excludes halogenated alkanes) is 1. The van der Waals surface area contributed by atoms with Crippen molar-refractivity contribution in [2.45, 2.75) is 78.3 Å². The lowest BCUT2D eigenvalue weighted by atomic mass is 10.0. The molecule has 0 rings (SSSR count). The van der Waals surface area contributed by atoms with Crippen LogP contribution in [0.15, 0.2) is 0 Å². The van der Waals surface area contributed by atoms with Crippen LogP contribution >= 0.6 is 0 Å². The summed E-state index contributed by atoms with van der Waals surface area (Å²) >= 11 is 0. The number of carboxylic acids is 1. The number of urea groups is 1. The van der Waals surface area contributed by atoms with Gasteiger partial charge in [-0.15, -0.1) is 0 Å². The van der Waals surface area contributed by atoms with Gasteiger partial charge < -0.3 is 15.7 Å². The van der Waals surface area contributed by atoms with Gasteiger partial charge in [0, 0.05) is 12.1 Å². The summed E-state index contributed by atoms with van der Waals surface area (Å²) in [6.45, 7) is 7.80. The number of amides is 2. The van der Waals surface area contributed by atoms with Crippen LogP contribution in [0.4, 0.5) is 4.79 Å². The van der Waals surface area contributed by atoms with E-state index < -0.39 is 5.97 Å². The third kappa shape index (κ3) is 9.64. The molecular weight excluding hydrogens is 256 g/mol. The maximum atomic E-state index is 11.7. The molecule has 0 fully saturated rings. The highest BCUT2D eigenvalue weighted by molar-refractivity contribution is 5.74. The van der Waals surface area contributed by atoms with Gasteiger partial charge in [-0.3, -0.25) is 4.79 Å². The third-order valence-electron chi connectivity index (χ3n) is 3.44. The van der Waals surface area contributed by atoms with E-state index in [1.165, 1.54) is 0 Å². The van der Waals surface area contributed by atoms with Gasteiger partial charge in [0.15, 0.2) is 0 Å². The number of hydrogen-bond donors (Lipinski definition) is 3. The first-order valence-electron chi connectivity index (χ1n) is 7.66. The highest BCUT2D eigenvalue weighted by atomic mass is 16.4. The number of carboxylic acid groups (broad SMARTS) is 1. The number of hydrogen-bond acceptors (Lipinski definition) is 2. The van der Waals surface area contributed by atoms with Gasteiger partial charge in [-0.25, -0.2) is 4.79 Å². The summed E-state index contributed by atoms with van der Waals surface area (Å²) in [5.41, 5.74) is 0. The molecule has 0 aromatic heterocycles. The summed E-state index contributed by atoms with van der Waals surface area (Å²) in [5, 5.41) is 14.6. The maximum absolute atomic E-state index is 11.7. The molecular formula is C15H30N2O3. The first-order valence-corrected chi connectivity index (χ1v) is 7.66. The second kappa shape index (κ2) is 10.5. The molecule has 2 amide bonds. The topological polar surface area (TPSA) is 78.4 Å². The smallest absolute Gasteiger partial charge is 0.315 e. The maximum Gasteiger partial charge on any atom is 0.315 e. The largest absolute Gasteiger partial charge is 0.481 e. The molecule has 0 bridgehead atoms. The van der Waals surface area contributed by atoms with Crippen LogP contribution in [0.25, 0.3) is 0 Å². The van der Waals surface area contributed by atoms with Crippen molar-refractivity contribution in [1.29, 1.82) is 0 Å². The van der Waals surface area contributed by atoms with Crippen molar-refractivity contribution in [2.75, 3.05) is 0 Å². The second-order valence-corrected chi connectivity index (χ2v) is 5.73. The Morgan fingerprint density at radius 3 is 1.90 bits per heavy atom. The Bertz CT molecular complexity index is 295. The Kier molecular flexibility index (Phi) is 9.86. The molecule has 0 radical (unpaired) electrons. The van der Waals surface area contributed by atoms with Crippen molar-refractivity contribution in [3.05, 3.63) is 0 Å². The fraction of sp³-hybridized carbons (Fsp3) is 0.867. The SMILES string of the molecule is CCCCC(C)NC(=O)NC(C)CCCC(C)C(=O)O. The van der Waals surface area contributed by atoms with E-state index in [1.807, 2.05) is 13.8 Å². The highest BCUT2D eigenvalue weighted by Crippen LogP contribution is 2.09. The van der Waals surface area contributed by atoms with Gasteiger partial charge in [0.1, 0.15) is 0 Å². The van der Waals surface area contributed by atoms with Crippen molar-refractivity contribution < 1.29 is 14.7 Å². The van der Waals surface area contributed by atoms with Crippen LogP contribution in [0.1, 0.15) is 66.2 Å². The predicted octanol–water partition coefficient (Wildman–Crippen LogP) is 3.14. The average Bonchev–Trinajstić information content (AvgIpc) is 2.35. The summed E-state index contributed by atoms with van der Waals surface area (Å²) < 4.78 is 0. The van der Waals surface area contributed by atoms with E-state index in [0.717, 1.165) is 32.1 Å². The number of nitrogens with one attached hydrogen (secondary N) is 2. The van der Waals surface area contributed by atoms with Crippen molar-refractivity contribution in [1.82, 2.24) is 10.6 Å². The van der Waals surface area contributed by atoms with Gasteiger partial charge in [-0.1, -0.05) is 33.1 Å². The summed E-state index contributed by atoms with van der Waals surface area (Å²) in [4.78, 5) is 22.4. The van der Waals surface area contributed by atoms with Gasteiger partial charge in [-0.2, -0.15) is 0 Å². The van der Waals surface area contributed by atoms with Crippen LogP contribution in [-0.2, 0) is 4.79 Å². The molecule has 3 unspecified atom stereocenters. The molecule has 0 aliphatic rings. The molecule has 118 valence electrons. The van der Waals surface area contributed by atoms with Gasteiger partial charge in [0.05, 0.1) is 5.92 Å². The van der Waals surface area contributed by atoms with Crippen LogP contribution < -0.4 is 10.6 Å². The molecule has 3 N–H and O–H groups in total. The van der Waals surface area contributed by atoms with Gasteiger partial charge >= 0.3 is 12.0 Å². The summed E-state index contributed by atoms with van der Waals surface area (Å²) in [6.07, 6.45) is 5.49. The Hall–Kier alpha value is -1.26. The Morgan fingerprint density at radius 1 is 0.950 bits per heavy atom. The zero-order valence-corrected chi connectivity index (χ0v) is 13.2. The highest BCUT2D eigenvalue weighted by Gasteiger charge is 2.13. The van der Waals surface area contributed by atoms with Crippen molar-refractivity contribution >= 4 is 12.0 Å². The standard InChI is InChI=1S/C15H30N2O3/c1-5-6-9-12(3)16-15(20)17-13(4)10-7-8-11(2)14(18)19/h11-13H,5-10H2,1-4H3,(H,18,19)(H2,16,17,20). The lowest BCUT2D eigenvalue weighted by Gasteiger charge is -2.18. The van der Waals surface area contributed by atoms with Crippen molar-refractivity contribution in [2.24, 2.45) is 5.92 Å². The number of aliphatic carboxylic acids is 1. The van der Waals surface area contributed by atoms with Gasteiger partial charge in [0.25, 0.3) is 0 Å². The molecule has 3 atom stereocenters. The fourth-order valence-corrected chi connectivity index (χ4v) is 2.00. The minimum atomic E-state index is -0.756. The first-order chi connectivity index (χ1) is 9.36. The minimum Gasteiger partial charge on any atom is -0.481 e. The average molecular weight is 286 g/mol. The normalized spacial score (nSPS) is 15.2. The molecule has 0 saturated heterocycles. The molecule has 0 aromatic carbocycles. The molecule has 0 heterocycles. The fourth-order valence-electron chi connectivity index (χ4n) is 2.00. The predicted molar refractivity (Wildman–Crippen MR) is 80.8 cm³/mol. The molecule has 20 heavy (non-hydrogen) atoms.